The minimum absolute atomic E-state index is 0.336. The topological polar surface area (TPSA) is 0 Å². The van der Waals surface area contributed by atoms with Gasteiger partial charge in [-0.05, 0) is 0 Å². The van der Waals surface area contributed by atoms with Crippen LogP contribution < -0.4 is 21.2 Å². The Bertz CT molecular complexity index is 594. The van der Waals surface area contributed by atoms with E-state index in [1.807, 2.05) is 0 Å². The van der Waals surface area contributed by atoms with Crippen LogP contribution in [0.4, 0.5) is 26.3 Å². The molecule has 0 aromatic heterocycles. The van der Waals surface area contributed by atoms with Crippen LogP contribution in [0.15, 0.2) is 24.3 Å². The van der Waals surface area contributed by atoms with Crippen molar-refractivity contribution < 1.29 is 47.5 Å². The standard InChI is InChI=1S/C12H4F6I/c13-5-1-3-6(4-2-5)19-12-10(17)8(15)7(14)9(16)11(12)18/h1-4H/q-1. The van der Waals surface area contributed by atoms with Gasteiger partial charge in [-0.15, -0.1) is 0 Å². The number of rotatable bonds is 2. The molecule has 0 atom stereocenters. The van der Waals surface area contributed by atoms with Crippen LogP contribution in [0.25, 0.3) is 0 Å². The summed E-state index contributed by atoms with van der Waals surface area (Å²) in [5.41, 5.74) is 0. The number of hydrogen-bond donors (Lipinski definition) is 0. The molecule has 0 heterocycles. The van der Waals surface area contributed by atoms with Crippen molar-refractivity contribution in [3.8, 4) is 0 Å². The molecule has 0 saturated carbocycles. The Kier molecular flexibility index (Phi) is 4.02. The van der Waals surface area contributed by atoms with Gasteiger partial charge in [-0.1, -0.05) is 0 Å². The van der Waals surface area contributed by atoms with Gasteiger partial charge in [0.25, 0.3) is 0 Å². The van der Waals surface area contributed by atoms with E-state index >= 15 is 0 Å². The molecule has 0 aliphatic carbocycles. The van der Waals surface area contributed by atoms with E-state index in [1.54, 1.807) is 0 Å². The van der Waals surface area contributed by atoms with Crippen molar-refractivity contribution in [2.45, 2.75) is 0 Å². The summed E-state index contributed by atoms with van der Waals surface area (Å²) >= 11 is -1.64. The average molecular weight is 389 g/mol. The van der Waals surface area contributed by atoms with E-state index in [4.69, 9.17) is 0 Å². The number of hydrogen-bond acceptors (Lipinski definition) is 0. The second-order valence-electron chi connectivity index (χ2n) is 3.41. The third-order valence-electron chi connectivity index (χ3n) is 2.16. The molecular formula is C12H4F6I-. The second kappa shape index (κ2) is 5.40. The van der Waals surface area contributed by atoms with Crippen molar-refractivity contribution in [2.75, 3.05) is 0 Å². The first-order chi connectivity index (χ1) is 8.91. The fourth-order valence-corrected chi connectivity index (χ4v) is 3.55. The van der Waals surface area contributed by atoms with Crippen molar-refractivity contribution in [3.05, 3.63) is 66.3 Å². The third kappa shape index (κ3) is 2.70. The van der Waals surface area contributed by atoms with Crippen molar-refractivity contribution in [3.63, 3.8) is 0 Å². The summed E-state index contributed by atoms with van der Waals surface area (Å²) in [6, 6.07) is 4.61. The molecule has 0 N–H and O–H groups in total. The predicted octanol–water partition coefficient (Wildman–Crippen LogP) is 0.650. The maximum atomic E-state index is 13.4. The van der Waals surface area contributed by atoms with Gasteiger partial charge in [0.15, 0.2) is 0 Å². The van der Waals surface area contributed by atoms with Crippen molar-refractivity contribution >= 4 is 0 Å². The van der Waals surface area contributed by atoms with Gasteiger partial charge < -0.3 is 0 Å². The average Bonchev–Trinajstić information content (AvgIpc) is 2.41. The van der Waals surface area contributed by atoms with Crippen LogP contribution in [0.3, 0.4) is 0 Å². The van der Waals surface area contributed by atoms with E-state index in [2.05, 4.69) is 0 Å². The van der Waals surface area contributed by atoms with Crippen LogP contribution in [-0.4, -0.2) is 0 Å². The number of halogens is 7. The van der Waals surface area contributed by atoms with Gasteiger partial charge >= 0.3 is 114 Å². The van der Waals surface area contributed by atoms with Crippen LogP contribution in [0.2, 0.25) is 0 Å². The fraction of sp³-hybridized carbons (Fsp3) is 0. The van der Waals surface area contributed by atoms with E-state index in [9.17, 15) is 26.3 Å². The summed E-state index contributed by atoms with van der Waals surface area (Å²) in [7, 11) is 0. The second-order valence-corrected chi connectivity index (χ2v) is 6.28. The first kappa shape index (κ1) is 14.2. The van der Waals surface area contributed by atoms with Crippen LogP contribution >= 0.6 is 0 Å². The molecule has 0 unspecified atom stereocenters. The Morgan fingerprint density at radius 2 is 1.00 bits per heavy atom. The molecule has 0 bridgehead atoms. The summed E-state index contributed by atoms with van der Waals surface area (Å²) in [5.74, 6) is -10.3. The molecule has 0 aliphatic rings. The summed E-state index contributed by atoms with van der Waals surface area (Å²) < 4.78 is 77.7. The zero-order valence-corrected chi connectivity index (χ0v) is 11.1. The van der Waals surface area contributed by atoms with Gasteiger partial charge in [-0.3, -0.25) is 0 Å². The molecule has 0 fully saturated rings. The van der Waals surface area contributed by atoms with Crippen LogP contribution in [0.5, 0.6) is 0 Å². The molecule has 2 aromatic carbocycles. The fourth-order valence-electron chi connectivity index (χ4n) is 1.26. The predicted molar refractivity (Wildman–Crippen MR) is 50.0 cm³/mol. The summed E-state index contributed by atoms with van der Waals surface area (Å²) in [4.78, 5) is 0. The van der Waals surface area contributed by atoms with Crippen LogP contribution in [-0.2, 0) is 0 Å². The van der Waals surface area contributed by atoms with Crippen molar-refractivity contribution in [1.82, 2.24) is 0 Å². The van der Waals surface area contributed by atoms with E-state index < -0.39 is 59.7 Å². The monoisotopic (exact) mass is 389 g/mol. The van der Waals surface area contributed by atoms with Gasteiger partial charge in [0.2, 0.25) is 0 Å². The zero-order chi connectivity index (χ0) is 14.2. The minimum atomic E-state index is -2.18. The van der Waals surface area contributed by atoms with Crippen LogP contribution in [0, 0.1) is 42.0 Å². The van der Waals surface area contributed by atoms with Gasteiger partial charge in [0, 0.05) is 0 Å². The molecule has 0 radical (unpaired) electrons. The Morgan fingerprint density at radius 3 is 1.47 bits per heavy atom. The molecule has 0 saturated heterocycles. The normalized spacial score (nSPS) is 11.1. The molecule has 102 valence electrons. The Morgan fingerprint density at radius 1 is 0.579 bits per heavy atom. The molecule has 2 aromatic rings. The molecule has 7 heteroatoms. The molecule has 0 aliphatic heterocycles. The van der Waals surface area contributed by atoms with Crippen molar-refractivity contribution in [1.29, 1.82) is 0 Å². The zero-order valence-electron chi connectivity index (χ0n) is 8.96. The summed E-state index contributed by atoms with van der Waals surface area (Å²) in [6.07, 6.45) is 0. The van der Waals surface area contributed by atoms with Crippen molar-refractivity contribution in [2.24, 2.45) is 0 Å². The van der Waals surface area contributed by atoms with Crippen LogP contribution in [0.1, 0.15) is 0 Å². The Balaban J connectivity index is 2.48. The maximum absolute atomic E-state index is 13.4. The quantitative estimate of drug-likeness (QED) is 0.307. The van der Waals surface area contributed by atoms with E-state index in [0.29, 0.717) is 3.57 Å². The van der Waals surface area contributed by atoms with E-state index in [0.717, 1.165) is 12.1 Å². The summed E-state index contributed by atoms with van der Waals surface area (Å²) in [5, 5.41) is 0. The molecular weight excluding hydrogens is 385 g/mol. The SMILES string of the molecule is Fc1ccc([I-]c2c(F)c(F)c(F)c(F)c2F)cc1. The van der Waals surface area contributed by atoms with Gasteiger partial charge in [-0.2, -0.15) is 0 Å². The van der Waals surface area contributed by atoms with E-state index in [1.165, 1.54) is 12.1 Å². The Hall–Kier alpha value is -1.25. The molecule has 0 nitrogen and oxygen atoms in total. The third-order valence-corrected chi connectivity index (χ3v) is 4.99. The first-order valence-corrected chi connectivity index (χ1v) is 6.99. The summed E-state index contributed by atoms with van der Waals surface area (Å²) in [6.45, 7) is 0. The van der Waals surface area contributed by atoms with Gasteiger partial charge in [0.1, 0.15) is 0 Å². The molecule has 0 spiro atoms. The van der Waals surface area contributed by atoms with E-state index in [-0.39, 0.29) is 0 Å². The molecule has 2 rings (SSSR count). The first-order valence-electron chi connectivity index (χ1n) is 4.83. The molecule has 0 amide bonds. The number of benzene rings is 2. The molecule has 19 heavy (non-hydrogen) atoms. The van der Waals surface area contributed by atoms with Gasteiger partial charge in [-0.25, -0.2) is 0 Å². The Labute approximate surface area is 114 Å². The van der Waals surface area contributed by atoms with Gasteiger partial charge in [0.05, 0.1) is 0 Å².